The first kappa shape index (κ1) is 20.2. The quantitative estimate of drug-likeness (QED) is 0.666. The summed E-state index contributed by atoms with van der Waals surface area (Å²) in [5, 5.41) is 6.10. The van der Waals surface area contributed by atoms with Crippen LogP contribution in [0, 0.1) is 0 Å². The maximum Gasteiger partial charge on any atom is 0.435 e. The number of hydrogen-bond donors (Lipinski definition) is 1. The second-order valence-electron chi connectivity index (χ2n) is 6.08. The van der Waals surface area contributed by atoms with Gasteiger partial charge in [-0.2, -0.15) is 18.3 Å². The Morgan fingerprint density at radius 2 is 1.76 bits per heavy atom. The Morgan fingerprint density at radius 3 is 2.38 bits per heavy atom. The van der Waals surface area contributed by atoms with E-state index in [0.717, 1.165) is 11.6 Å². The second kappa shape index (κ2) is 8.68. The summed E-state index contributed by atoms with van der Waals surface area (Å²) in [5.74, 6) is 0.962. The monoisotopic (exact) mass is 405 g/mol. The molecule has 1 aromatic heterocycles. The number of aromatic nitrogens is 2. The van der Waals surface area contributed by atoms with Crippen molar-refractivity contribution in [3.63, 3.8) is 0 Å². The summed E-state index contributed by atoms with van der Waals surface area (Å²) in [7, 11) is 1.52. The zero-order valence-electron chi connectivity index (χ0n) is 15.4. The van der Waals surface area contributed by atoms with Crippen LogP contribution in [0.4, 0.5) is 18.0 Å². The van der Waals surface area contributed by atoms with Crippen LogP contribution in [-0.2, 0) is 19.3 Å². The van der Waals surface area contributed by atoms with E-state index in [0.29, 0.717) is 11.5 Å². The number of benzene rings is 2. The summed E-state index contributed by atoms with van der Waals surface area (Å²) in [6.45, 7) is -0.0737. The van der Waals surface area contributed by atoms with E-state index in [4.69, 9.17) is 9.47 Å². The molecule has 1 heterocycles. The van der Waals surface area contributed by atoms with E-state index in [-0.39, 0.29) is 18.8 Å². The lowest BCUT2D eigenvalue weighted by atomic mass is 10.2. The summed E-state index contributed by atoms with van der Waals surface area (Å²) in [6, 6.07) is 16.1. The number of ether oxygens (including phenoxy) is 2. The molecule has 0 radical (unpaired) electrons. The van der Waals surface area contributed by atoms with Gasteiger partial charge < -0.3 is 14.8 Å². The van der Waals surface area contributed by atoms with Crippen molar-refractivity contribution in [3.05, 3.63) is 77.6 Å². The van der Waals surface area contributed by atoms with Crippen LogP contribution >= 0.6 is 0 Å². The number of para-hydroxylation sites is 1. The molecule has 0 aliphatic rings. The predicted molar refractivity (Wildman–Crippen MR) is 98.6 cm³/mol. The van der Waals surface area contributed by atoms with Crippen molar-refractivity contribution >= 4 is 6.09 Å². The third-order valence-corrected chi connectivity index (χ3v) is 4.01. The third-order valence-electron chi connectivity index (χ3n) is 4.01. The van der Waals surface area contributed by atoms with Crippen LogP contribution in [0.2, 0.25) is 0 Å². The topological polar surface area (TPSA) is 65.4 Å². The van der Waals surface area contributed by atoms with Crippen LogP contribution in [0.15, 0.2) is 60.7 Å². The number of nitrogens with one attached hydrogen (secondary N) is 1. The van der Waals surface area contributed by atoms with E-state index in [1.807, 2.05) is 0 Å². The summed E-state index contributed by atoms with van der Waals surface area (Å²) in [5.41, 5.74) is -0.104. The molecule has 0 spiro atoms. The lowest BCUT2D eigenvalue weighted by molar-refractivity contribution is -0.141. The van der Waals surface area contributed by atoms with Gasteiger partial charge in [-0.05, 0) is 35.9 Å². The number of carbonyl (C=O) groups is 1. The SMILES string of the molecule is COc1ccc(Cn2nc(C(F)(F)F)cc2CNC(=O)Oc2ccccc2)cc1. The maximum atomic E-state index is 13.1. The van der Waals surface area contributed by atoms with Gasteiger partial charge in [0.2, 0.25) is 0 Å². The molecular formula is C20H18F3N3O3. The summed E-state index contributed by atoms with van der Waals surface area (Å²) < 4.78 is 50.7. The minimum atomic E-state index is -4.59. The fraction of sp³-hybridized carbons (Fsp3) is 0.200. The van der Waals surface area contributed by atoms with E-state index in [2.05, 4.69) is 10.4 Å². The number of methoxy groups -OCH3 is 1. The Labute approximate surface area is 164 Å². The summed E-state index contributed by atoms with van der Waals surface area (Å²) >= 11 is 0. The fourth-order valence-corrected chi connectivity index (χ4v) is 2.57. The first-order valence-electron chi connectivity index (χ1n) is 8.63. The van der Waals surface area contributed by atoms with Crippen LogP contribution < -0.4 is 14.8 Å². The standard InChI is InChI=1S/C20H18F3N3O3/c1-28-16-9-7-14(8-10-16)13-26-15(11-18(25-26)20(21,22)23)12-24-19(27)29-17-5-3-2-4-6-17/h2-11H,12-13H2,1H3,(H,24,27). The summed E-state index contributed by atoms with van der Waals surface area (Å²) in [4.78, 5) is 11.9. The molecule has 0 fully saturated rings. The Bertz CT molecular complexity index is 955. The van der Waals surface area contributed by atoms with Crippen molar-refractivity contribution < 1.29 is 27.4 Å². The highest BCUT2D eigenvalue weighted by Gasteiger charge is 2.35. The number of amides is 1. The van der Waals surface area contributed by atoms with Crippen LogP contribution in [-0.4, -0.2) is 23.0 Å². The number of alkyl halides is 3. The fourth-order valence-electron chi connectivity index (χ4n) is 2.57. The van der Waals surface area contributed by atoms with E-state index in [1.165, 1.54) is 11.8 Å². The predicted octanol–water partition coefficient (Wildman–Crippen LogP) is 4.25. The van der Waals surface area contributed by atoms with Gasteiger partial charge in [0.15, 0.2) is 5.69 Å². The minimum Gasteiger partial charge on any atom is -0.497 e. The van der Waals surface area contributed by atoms with Gasteiger partial charge in [0.25, 0.3) is 0 Å². The van der Waals surface area contributed by atoms with Crippen LogP contribution in [0.1, 0.15) is 17.0 Å². The van der Waals surface area contributed by atoms with E-state index < -0.39 is 18.0 Å². The molecule has 152 valence electrons. The van der Waals surface area contributed by atoms with E-state index >= 15 is 0 Å². The molecule has 0 saturated heterocycles. The van der Waals surface area contributed by atoms with Crippen molar-refractivity contribution in [2.45, 2.75) is 19.3 Å². The van der Waals surface area contributed by atoms with Gasteiger partial charge in [-0.25, -0.2) is 4.79 Å². The highest BCUT2D eigenvalue weighted by atomic mass is 19.4. The van der Waals surface area contributed by atoms with Crippen LogP contribution in [0.25, 0.3) is 0 Å². The maximum absolute atomic E-state index is 13.1. The first-order chi connectivity index (χ1) is 13.8. The molecular weight excluding hydrogens is 387 g/mol. The molecule has 9 heteroatoms. The molecule has 0 aliphatic heterocycles. The Morgan fingerprint density at radius 1 is 1.07 bits per heavy atom. The van der Waals surface area contributed by atoms with Crippen LogP contribution in [0.5, 0.6) is 11.5 Å². The third kappa shape index (κ3) is 5.50. The molecule has 3 aromatic rings. The zero-order chi connectivity index (χ0) is 20.9. The van der Waals surface area contributed by atoms with Gasteiger partial charge in [-0.1, -0.05) is 30.3 Å². The Hall–Kier alpha value is -3.49. The Kier molecular flexibility index (Phi) is 6.06. The van der Waals surface area contributed by atoms with Gasteiger partial charge in [0, 0.05) is 0 Å². The average molecular weight is 405 g/mol. The van der Waals surface area contributed by atoms with Crippen molar-refractivity contribution in [2.24, 2.45) is 0 Å². The van der Waals surface area contributed by atoms with Crippen molar-refractivity contribution in [2.75, 3.05) is 7.11 Å². The molecule has 1 amide bonds. The molecule has 6 nitrogen and oxygen atoms in total. The molecule has 3 rings (SSSR count). The minimum absolute atomic E-state index is 0.102. The normalized spacial score (nSPS) is 11.2. The Balaban J connectivity index is 1.73. The van der Waals surface area contributed by atoms with Crippen molar-refractivity contribution in [1.82, 2.24) is 15.1 Å². The van der Waals surface area contributed by atoms with Gasteiger partial charge in [0.05, 0.1) is 25.9 Å². The molecule has 1 N–H and O–H groups in total. The largest absolute Gasteiger partial charge is 0.497 e. The lowest BCUT2D eigenvalue weighted by Crippen LogP contribution is -2.27. The molecule has 29 heavy (non-hydrogen) atoms. The highest BCUT2D eigenvalue weighted by molar-refractivity contribution is 5.70. The number of rotatable bonds is 6. The van der Waals surface area contributed by atoms with Gasteiger partial charge in [0.1, 0.15) is 11.5 Å². The first-order valence-corrected chi connectivity index (χ1v) is 8.63. The van der Waals surface area contributed by atoms with Crippen LogP contribution in [0.3, 0.4) is 0 Å². The van der Waals surface area contributed by atoms with Gasteiger partial charge in [-0.15, -0.1) is 0 Å². The molecule has 0 unspecified atom stereocenters. The van der Waals surface area contributed by atoms with Crippen molar-refractivity contribution in [1.29, 1.82) is 0 Å². The molecule has 0 bridgehead atoms. The average Bonchev–Trinajstić information content (AvgIpc) is 3.11. The molecule has 0 aliphatic carbocycles. The molecule has 0 atom stereocenters. The number of halogens is 3. The summed E-state index contributed by atoms with van der Waals surface area (Å²) in [6.07, 6.45) is -5.37. The molecule has 0 saturated carbocycles. The highest BCUT2D eigenvalue weighted by Crippen LogP contribution is 2.29. The number of nitrogens with zero attached hydrogens (tertiary/aromatic N) is 2. The van der Waals surface area contributed by atoms with Gasteiger partial charge >= 0.3 is 12.3 Å². The smallest absolute Gasteiger partial charge is 0.435 e. The number of hydrogen-bond acceptors (Lipinski definition) is 4. The zero-order valence-corrected chi connectivity index (χ0v) is 15.4. The second-order valence-corrected chi connectivity index (χ2v) is 6.08. The van der Waals surface area contributed by atoms with Gasteiger partial charge in [-0.3, -0.25) is 4.68 Å². The lowest BCUT2D eigenvalue weighted by Gasteiger charge is -2.10. The van der Waals surface area contributed by atoms with Crippen molar-refractivity contribution in [3.8, 4) is 11.5 Å². The number of carbonyl (C=O) groups excluding carboxylic acids is 1. The molecule has 2 aromatic carbocycles. The van der Waals surface area contributed by atoms with E-state index in [9.17, 15) is 18.0 Å². The van der Waals surface area contributed by atoms with E-state index in [1.54, 1.807) is 54.6 Å².